The molecule has 5 rings (SSSR count). The first-order valence-electron chi connectivity index (χ1n) is 10.9. The molecule has 1 atom stereocenters. The van der Waals surface area contributed by atoms with E-state index in [1.807, 2.05) is 19.9 Å². The number of nitrogens with zero attached hydrogens (tertiary/aromatic N) is 3. The summed E-state index contributed by atoms with van der Waals surface area (Å²) in [4.78, 5) is 54.6. The van der Waals surface area contributed by atoms with Crippen LogP contribution in [0.15, 0.2) is 30.3 Å². The number of ketones is 1. The van der Waals surface area contributed by atoms with Gasteiger partial charge in [-0.05, 0) is 44.9 Å². The first kappa shape index (κ1) is 20.5. The Labute approximate surface area is 185 Å². The third-order valence-corrected chi connectivity index (χ3v) is 6.90. The second-order valence-electron chi connectivity index (χ2n) is 8.81. The monoisotopic (exact) mass is 435 g/mol. The van der Waals surface area contributed by atoms with Crippen LogP contribution in [0.2, 0.25) is 0 Å². The van der Waals surface area contributed by atoms with Gasteiger partial charge in [-0.15, -0.1) is 0 Å². The number of amides is 2. The molecule has 166 valence electrons. The van der Waals surface area contributed by atoms with Gasteiger partial charge in [0.25, 0.3) is 5.91 Å². The minimum absolute atomic E-state index is 0.109. The van der Waals surface area contributed by atoms with Crippen LogP contribution in [0.1, 0.15) is 63.8 Å². The minimum Gasteiger partial charge on any atom is -0.454 e. The minimum atomic E-state index is -1.58. The SMILES string of the molecule is Cc1cc(C(=O)COC(=O)C23CCC(=O)N2c2ccccc2C(=O)N3C)c(C)n1C1CC1. The molecule has 0 spiro atoms. The van der Waals surface area contributed by atoms with Crippen LogP contribution >= 0.6 is 0 Å². The number of esters is 1. The Hall–Kier alpha value is -3.42. The van der Waals surface area contributed by atoms with E-state index in [1.54, 1.807) is 24.3 Å². The molecule has 1 aromatic heterocycles. The molecular weight excluding hydrogens is 410 g/mol. The zero-order chi connectivity index (χ0) is 22.8. The van der Waals surface area contributed by atoms with Crippen molar-refractivity contribution < 1.29 is 23.9 Å². The Morgan fingerprint density at radius 3 is 2.59 bits per heavy atom. The maximum Gasteiger partial charge on any atom is 0.354 e. The number of aromatic nitrogens is 1. The van der Waals surface area contributed by atoms with Gasteiger partial charge in [-0.1, -0.05) is 12.1 Å². The Morgan fingerprint density at radius 2 is 1.88 bits per heavy atom. The van der Waals surface area contributed by atoms with E-state index in [9.17, 15) is 19.2 Å². The van der Waals surface area contributed by atoms with E-state index in [2.05, 4.69) is 4.57 Å². The molecule has 8 heteroatoms. The van der Waals surface area contributed by atoms with Gasteiger partial charge >= 0.3 is 5.97 Å². The molecule has 1 unspecified atom stereocenters. The Morgan fingerprint density at radius 1 is 1.16 bits per heavy atom. The molecule has 3 aliphatic rings. The van der Waals surface area contributed by atoms with Gasteiger partial charge < -0.3 is 14.2 Å². The van der Waals surface area contributed by atoms with E-state index in [0.29, 0.717) is 22.9 Å². The van der Waals surface area contributed by atoms with Crippen LogP contribution in [0.3, 0.4) is 0 Å². The molecule has 0 bridgehead atoms. The molecule has 1 saturated heterocycles. The number of anilines is 1. The Kier molecular flexibility index (Phi) is 4.51. The van der Waals surface area contributed by atoms with Crippen LogP contribution in [-0.2, 0) is 14.3 Å². The molecule has 2 amide bonds. The zero-order valence-corrected chi connectivity index (χ0v) is 18.4. The summed E-state index contributed by atoms with van der Waals surface area (Å²) >= 11 is 0. The van der Waals surface area contributed by atoms with Crippen molar-refractivity contribution in [3.63, 3.8) is 0 Å². The third-order valence-electron chi connectivity index (χ3n) is 6.90. The molecule has 3 heterocycles. The maximum absolute atomic E-state index is 13.4. The lowest BCUT2D eigenvalue weighted by molar-refractivity contribution is -0.155. The van der Waals surface area contributed by atoms with E-state index in [4.69, 9.17) is 4.74 Å². The van der Waals surface area contributed by atoms with E-state index >= 15 is 0 Å². The van der Waals surface area contributed by atoms with Crippen LogP contribution in [-0.4, -0.2) is 52.4 Å². The average Bonchev–Trinajstić information content (AvgIpc) is 3.48. The molecule has 1 saturated carbocycles. The summed E-state index contributed by atoms with van der Waals surface area (Å²) in [5.41, 5.74) is 1.61. The number of para-hydroxylation sites is 1. The Bertz CT molecular complexity index is 1180. The number of hydrogen-bond acceptors (Lipinski definition) is 5. The number of fused-ring (bicyclic) bond motifs is 3. The molecule has 0 N–H and O–H groups in total. The molecule has 1 aromatic carbocycles. The number of aryl methyl sites for hydroxylation is 1. The number of benzene rings is 1. The lowest BCUT2D eigenvalue weighted by Gasteiger charge is -2.46. The van der Waals surface area contributed by atoms with Gasteiger partial charge in [0.05, 0.1) is 11.3 Å². The second-order valence-corrected chi connectivity index (χ2v) is 8.81. The number of carbonyl (C=O) groups excluding carboxylic acids is 4. The Balaban J connectivity index is 1.42. The quantitative estimate of drug-likeness (QED) is 0.532. The number of Topliss-reactive ketones (excluding diaryl/α,β-unsaturated/α-hetero) is 1. The van der Waals surface area contributed by atoms with Crippen LogP contribution in [0.5, 0.6) is 0 Å². The number of hydrogen-bond donors (Lipinski definition) is 0. The van der Waals surface area contributed by atoms with Gasteiger partial charge in [0, 0.05) is 42.9 Å². The lowest BCUT2D eigenvalue weighted by Crippen LogP contribution is -2.67. The predicted octanol–water partition coefficient (Wildman–Crippen LogP) is 2.77. The van der Waals surface area contributed by atoms with Crippen molar-refractivity contribution >= 4 is 29.3 Å². The number of rotatable bonds is 5. The zero-order valence-electron chi connectivity index (χ0n) is 18.4. The lowest BCUT2D eigenvalue weighted by atomic mass is 9.97. The van der Waals surface area contributed by atoms with Gasteiger partial charge in [-0.25, -0.2) is 4.79 Å². The fourth-order valence-corrected chi connectivity index (χ4v) is 5.17. The molecule has 0 radical (unpaired) electrons. The fourth-order valence-electron chi connectivity index (χ4n) is 5.17. The number of likely N-dealkylation sites (N-methyl/N-ethyl adjacent to an activating group) is 1. The molecule has 2 fully saturated rings. The highest BCUT2D eigenvalue weighted by Gasteiger charge is 2.60. The highest BCUT2D eigenvalue weighted by Crippen LogP contribution is 2.44. The van der Waals surface area contributed by atoms with Crippen molar-refractivity contribution in [2.24, 2.45) is 0 Å². The topological polar surface area (TPSA) is 88.9 Å². The molecule has 32 heavy (non-hydrogen) atoms. The van der Waals surface area contributed by atoms with E-state index < -0.39 is 18.2 Å². The molecular formula is C24H25N3O5. The van der Waals surface area contributed by atoms with E-state index in [-0.39, 0.29) is 30.4 Å². The summed E-state index contributed by atoms with van der Waals surface area (Å²) in [5.74, 6) is -1.68. The van der Waals surface area contributed by atoms with Gasteiger partial charge in [0.1, 0.15) is 0 Å². The van der Waals surface area contributed by atoms with Crippen LogP contribution in [0.25, 0.3) is 0 Å². The third kappa shape index (κ3) is 2.75. The fraction of sp³-hybridized carbons (Fsp3) is 0.417. The van der Waals surface area contributed by atoms with Gasteiger partial charge in [-0.2, -0.15) is 0 Å². The first-order valence-corrected chi connectivity index (χ1v) is 10.9. The summed E-state index contributed by atoms with van der Waals surface area (Å²) in [6.07, 6.45) is 2.43. The first-order chi connectivity index (χ1) is 15.3. The summed E-state index contributed by atoms with van der Waals surface area (Å²) in [6, 6.07) is 9.00. The smallest absolute Gasteiger partial charge is 0.354 e. The molecule has 2 aliphatic heterocycles. The maximum atomic E-state index is 13.4. The van der Waals surface area contributed by atoms with Crippen molar-refractivity contribution in [2.45, 2.75) is 51.2 Å². The van der Waals surface area contributed by atoms with Gasteiger partial charge in [0.15, 0.2) is 6.61 Å². The van der Waals surface area contributed by atoms with E-state index in [0.717, 1.165) is 24.2 Å². The van der Waals surface area contributed by atoms with Gasteiger partial charge in [0.2, 0.25) is 17.4 Å². The van der Waals surface area contributed by atoms with Crippen molar-refractivity contribution in [3.05, 3.63) is 52.8 Å². The predicted molar refractivity (Wildman–Crippen MR) is 115 cm³/mol. The highest BCUT2D eigenvalue weighted by atomic mass is 16.5. The summed E-state index contributed by atoms with van der Waals surface area (Å²) in [7, 11) is 1.50. The van der Waals surface area contributed by atoms with Crippen LogP contribution in [0.4, 0.5) is 5.69 Å². The summed E-state index contributed by atoms with van der Waals surface area (Å²) < 4.78 is 7.64. The molecule has 2 aromatic rings. The van der Waals surface area contributed by atoms with Crippen molar-refractivity contribution in [1.82, 2.24) is 9.47 Å². The standard InChI is InChI=1S/C24H25N3O5/c1-14-12-18(15(2)26(14)16-8-9-16)20(28)13-32-23(31)24-11-10-21(29)27(24)19-7-5-4-6-17(19)22(30)25(24)3/h4-7,12,16H,8-11,13H2,1-3H3. The largest absolute Gasteiger partial charge is 0.454 e. The van der Waals surface area contributed by atoms with Crippen molar-refractivity contribution in [2.75, 3.05) is 18.6 Å². The normalized spacial score (nSPS) is 22.1. The number of carbonyl (C=O) groups is 4. The van der Waals surface area contributed by atoms with Crippen molar-refractivity contribution in [3.8, 4) is 0 Å². The van der Waals surface area contributed by atoms with Crippen molar-refractivity contribution in [1.29, 1.82) is 0 Å². The summed E-state index contributed by atoms with van der Waals surface area (Å²) in [6.45, 7) is 3.43. The second kappa shape index (κ2) is 7.05. The average molecular weight is 435 g/mol. The highest BCUT2D eigenvalue weighted by molar-refractivity contribution is 6.15. The van der Waals surface area contributed by atoms with Gasteiger partial charge in [-0.3, -0.25) is 19.3 Å². The van der Waals surface area contributed by atoms with E-state index in [1.165, 1.54) is 16.8 Å². The summed E-state index contributed by atoms with van der Waals surface area (Å²) in [5, 5.41) is 0. The molecule has 8 nitrogen and oxygen atoms in total. The van der Waals surface area contributed by atoms with Crippen LogP contribution < -0.4 is 4.90 Å². The van der Waals surface area contributed by atoms with Crippen LogP contribution in [0, 0.1) is 13.8 Å². The number of ether oxygens (including phenoxy) is 1. The molecule has 1 aliphatic carbocycles.